The number of esters is 1. The number of hydrogen-bond acceptors (Lipinski definition) is 6. The summed E-state index contributed by atoms with van der Waals surface area (Å²) in [6.07, 6.45) is -4.70. The van der Waals surface area contributed by atoms with E-state index in [1.165, 1.54) is 0 Å². The van der Waals surface area contributed by atoms with E-state index in [1.54, 1.807) is 25.7 Å². The van der Waals surface area contributed by atoms with E-state index in [4.69, 9.17) is 10.5 Å². The Morgan fingerprint density at radius 1 is 1.03 bits per heavy atom. The SMILES string of the molecule is CC(C)(C)OC(=O)[C@@](N)(C(=O)N1C[C@@H](F)C[C@H]1C#N)C1CC2CCC(C1)N2C(=O)c1ccc(C(F)(F)F)cc1. The number of nitrogens with zero attached hydrogens (tertiary/aromatic N) is 3. The summed E-state index contributed by atoms with van der Waals surface area (Å²) < 4.78 is 58.6. The monoisotopic (exact) mass is 552 g/mol. The third kappa shape index (κ3) is 5.46. The molecule has 1 aromatic carbocycles. The first-order chi connectivity index (χ1) is 18.1. The molecule has 2 unspecified atom stereocenters. The molecule has 3 aliphatic heterocycles. The number of rotatable bonds is 4. The number of fused-ring (bicyclic) bond motifs is 2. The van der Waals surface area contributed by atoms with E-state index in [0.29, 0.717) is 12.8 Å². The van der Waals surface area contributed by atoms with Gasteiger partial charge in [0, 0.05) is 30.0 Å². The smallest absolute Gasteiger partial charge is 0.416 e. The molecule has 4 rings (SSSR count). The first kappa shape index (κ1) is 28.8. The second-order valence-electron chi connectivity index (χ2n) is 11.6. The average Bonchev–Trinajstić information content (AvgIpc) is 3.36. The molecule has 5 atom stereocenters. The highest BCUT2D eigenvalue weighted by atomic mass is 19.4. The molecule has 8 nitrogen and oxygen atoms in total. The van der Waals surface area contributed by atoms with Crippen molar-refractivity contribution in [3.05, 3.63) is 35.4 Å². The fourth-order valence-electron chi connectivity index (χ4n) is 5.99. The predicted octanol–water partition coefficient (Wildman–Crippen LogP) is 3.59. The van der Waals surface area contributed by atoms with Crippen molar-refractivity contribution in [1.82, 2.24) is 9.80 Å². The third-order valence-corrected chi connectivity index (χ3v) is 7.82. The number of amides is 2. The zero-order valence-corrected chi connectivity index (χ0v) is 22.0. The molecule has 2 bridgehead atoms. The van der Waals surface area contributed by atoms with Crippen LogP contribution in [-0.4, -0.2) is 69.6 Å². The van der Waals surface area contributed by atoms with Gasteiger partial charge < -0.3 is 20.3 Å². The molecular weight excluding hydrogens is 520 g/mol. The van der Waals surface area contributed by atoms with Gasteiger partial charge in [0.1, 0.15) is 17.8 Å². The van der Waals surface area contributed by atoms with Crippen molar-refractivity contribution < 1.29 is 36.7 Å². The molecule has 1 aromatic rings. The van der Waals surface area contributed by atoms with Crippen molar-refractivity contribution in [2.24, 2.45) is 11.7 Å². The van der Waals surface area contributed by atoms with Crippen molar-refractivity contribution in [3.63, 3.8) is 0 Å². The zero-order chi connectivity index (χ0) is 28.9. The van der Waals surface area contributed by atoms with E-state index in [0.717, 1.165) is 29.2 Å². The summed E-state index contributed by atoms with van der Waals surface area (Å²) in [5.74, 6) is -3.07. The van der Waals surface area contributed by atoms with Gasteiger partial charge in [-0.25, -0.2) is 9.18 Å². The summed E-state index contributed by atoms with van der Waals surface area (Å²) in [7, 11) is 0. The minimum atomic E-state index is -4.53. The van der Waals surface area contributed by atoms with Crippen molar-refractivity contribution >= 4 is 17.8 Å². The molecule has 2 amide bonds. The Labute approximate surface area is 224 Å². The van der Waals surface area contributed by atoms with Crippen LogP contribution in [0.3, 0.4) is 0 Å². The van der Waals surface area contributed by atoms with Crippen molar-refractivity contribution in [3.8, 4) is 6.07 Å². The maximum atomic E-state index is 14.2. The molecule has 3 fully saturated rings. The lowest BCUT2D eigenvalue weighted by Gasteiger charge is -2.45. The van der Waals surface area contributed by atoms with Crippen LogP contribution in [0.2, 0.25) is 0 Å². The van der Waals surface area contributed by atoms with Crippen LogP contribution in [-0.2, 0) is 20.5 Å². The highest BCUT2D eigenvalue weighted by Crippen LogP contribution is 2.44. The van der Waals surface area contributed by atoms with Crippen molar-refractivity contribution in [2.45, 2.75) is 94.5 Å². The van der Waals surface area contributed by atoms with Gasteiger partial charge in [-0.1, -0.05) is 0 Å². The van der Waals surface area contributed by atoms with E-state index in [2.05, 4.69) is 0 Å². The maximum Gasteiger partial charge on any atom is 0.416 e. The van der Waals surface area contributed by atoms with Crippen molar-refractivity contribution in [1.29, 1.82) is 5.26 Å². The van der Waals surface area contributed by atoms with Gasteiger partial charge in [0.05, 0.1) is 18.2 Å². The molecule has 3 saturated heterocycles. The number of halogens is 4. The number of piperidine rings is 1. The van der Waals surface area contributed by atoms with Gasteiger partial charge in [-0.2, -0.15) is 18.4 Å². The molecule has 212 valence electrons. The first-order valence-corrected chi connectivity index (χ1v) is 12.9. The maximum absolute atomic E-state index is 14.2. The largest absolute Gasteiger partial charge is 0.458 e. The molecule has 3 heterocycles. The topological polar surface area (TPSA) is 117 Å². The Bertz CT molecular complexity index is 1160. The number of hydrogen-bond donors (Lipinski definition) is 1. The quantitative estimate of drug-likeness (QED) is 0.347. The summed E-state index contributed by atoms with van der Waals surface area (Å²) in [5.41, 5.74) is 2.69. The van der Waals surface area contributed by atoms with E-state index in [1.807, 2.05) is 6.07 Å². The van der Waals surface area contributed by atoms with Gasteiger partial charge in [0.15, 0.2) is 5.54 Å². The average molecular weight is 553 g/mol. The molecule has 0 radical (unpaired) electrons. The van der Waals surface area contributed by atoms with Gasteiger partial charge >= 0.3 is 12.1 Å². The molecule has 0 saturated carbocycles. The Kier molecular flexibility index (Phi) is 7.44. The van der Waals surface area contributed by atoms with Crippen LogP contribution in [0.1, 0.15) is 68.8 Å². The highest BCUT2D eigenvalue weighted by molar-refractivity contribution is 6.08. The number of likely N-dealkylation sites (tertiary alicyclic amines) is 1. The summed E-state index contributed by atoms with van der Waals surface area (Å²) >= 11 is 0. The van der Waals surface area contributed by atoms with Gasteiger partial charge in [-0.05, 0) is 70.7 Å². The molecule has 0 aromatic heterocycles. The molecular formula is C27H32F4N4O4. The summed E-state index contributed by atoms with van der Waals surface area (Å²) in [4.78, 5) is 43.2. The molecule has 39 heavy (non-hydrogen) atoms. The fourth-order valence-corrected chi connectivity index (χ4v) is 5.99. The van der Waals surface area contributed by atoms with Crippen LogP contribution in [0.15, 0.2) is 24.3 Å². The Morgan fingerprint density at radius 2 is 1.59 bits per heavy atom. The summed E-state index contributed by atoms with van der Waals surface area (Å²) in [6, 6.07) is 3.98. The van der Waals surface area contributed by atoms with E-state index in [9.17, 15) is 37.2 Å². The standard InChI is InChI=1S/C27H32F4N4O4/c1-25(2,3)39-24(38)26(33,23(37)34-14-18(28)12-21(34)13-32)17-10-19-8-9-20(11-17)35(19)22(36)15-4-6-16(7-5-15)27(29,30)31/h4-7,17-21H,8-12,14,33H2,1-3H3/t17?,18-,19?,20?,21-,26-/m0/s1. The third-order valence-electron chi connectivity index (χ3n) is 7.82. The van der Waals surface area contributed by atoms with Crippen LogP contribution >= 0.6 is 0 Å². The summed E-state index contributed by atoms with van der Waals surface area (Å²) in [5, 5.41) is 9.49. The van der Waals surface area contributed by atoms with Crippen LogP contribution in [0.25, 0.3) is 0 Å². The zero-order valence-electron chi connectivity index (χ0n) is 22.0. The van der Waals surface area contributed by atoms with Crippen LogP contribution in [0.5, 0.6) is 0 Å². The Morgan fingerprint density at radius 3 is 2.08 bits per heavy atom. The van der Waals surface area contributed by atoms with Gasteiger partial charge in [0.2, 0.25) is 0 Å². The molecule has 0 spiro atoms. The molecule has 12 heteroatoms. The van der Waals surface area contributed by atoms with Crippen LogP contribution in [0, 0.1) is 17.2 Å². The highest BCUT2D eigenvalue weighted by Gasteiger charge is 2.59. The predicted molar refractivity (Wildman–Crippen MR) is 131 cm³/mol. The fraction of sp³-hybridized carbons (Fsp3) is 0.630. The lowest BCUT2D eigenvalue weighted by atomic mass is 9.74. The number of carbonyl (C=O) groups excluding carboxylic acids is 3. The molecule has 3 aliphatic rings. The second kappa shape index (κ2) is 10.1. The van der Waals surface area contributed by atoms with Crippen LogP contribution in [0.4, 0.5) is 17.6 Å². The second-order valence-corrected chi connectivity index (χ2v) is 11.6. The van der Waals surface area contributed by atoms with Gasteiger partial charge in [-0.3, -0.25) is 9.59 Å². The minimum Gasteiger partial charge on any atom is -0.458 e. The lowest BCUT2D eigenvalue weighted by Crippen LogP contribution is -2.68. The van der Waals surface area contributed by atoms with Crippen LogP contribution < -0.4 is 5.73 Å². The number of nitriles is 1. The number of ether oxygens (including phenoxy) is 1. The normalized spacial score (nSPS) is 28.5. The lowest BCUT2D eigenvalue weighted by molar-refractivity contribution is -0.171. The Hall–Kier alpha value is -3.20. The Balaban J connectivity index is 1.61. The van der Waals surface area contributed by atoms with E-state index in [-0.39, 0.29) is 31.4 Å². The van der Waals surface area contributed by atoms with E-state index >= 15 is 0 Å². The van der Waals surface area contributed by atoms with Gasteiger partial charge in [0.25, 0.3) is 11.8 Å². The molecule has 0 aliphatic carbocycles. The number of benzene rings is 1. The van der Waals surface area contributed by atoms with Crippen molar-refractivity contribution in [2.75, 3.05) is 6.54 Å². The first-order valence-electron chi connectivity index (χ1n) is 12.9. The number of nitrogens with two attached hydrogens (primary N) is 1. The molecule has 2 N–H and O–H groups in total. The number of carbonyl (C=O) groups is 3. The van der Waals surface area contributed by atoms with Gasteiger partial charge in [-0.15, -0.1) is 0 Å². The number of alkyl halides is 4. The minimum absolute atomic E-state index is 0.100. The summed E-state index contributed by atoms with van der Waals surface area (Å²) in [6.45, 7) is 4.50. The van der Waals surface area contributed by atoms with E-state index < -0.39 is 70.9 Å².